The summed E-state index contributed by atoms with van der Waals surface area (Å²) in [6, 6.07) is 3.73. The fourth-order valence-electron chi connectivity index (χ4n) is 1.92. The Morgan fingerprint density at radius 3 is 2.94 bits per heavy atom. The molecule has 1 aromatic carbocycles. The summed E-state index contributed by atoms with van der Waals surface area (Å²) in [5, 5.41) is 3.18. The molecular formula is C12H15F2NO. The lowest BCUT2D eigenvalue weighted by atomic mass is 10.1. The average molecular weight is 227 g/mol. The van der Waals surface area contributed by atoms with Crippen LogP contribution in [-0.4, -0.2) is 18.8 Å². The highest BCUT2D eigenvalue weighted by atomic mass is 19.1. The molecule has 0 radical (unpaired) electrons. The molecule has 0 amide bonds. The Morgan fingerprint density at radius 1 is 1.44 bits per heavy atom. The van der Waals surface area contributed by atoms with Gasteiger partial charge in [-0.05, 0) is 31.5 Å². The number of halogens is 2. The Balaban J connectivity index is 1.96. The minimum Gasteiger partial charge on any atom is -0.377 e. The molecule has 0 aromatic heterocycles. The number of ether oxygens (including phenoxy) is 1. The first-order chi connectivity index (χ1) is 7.66. The van der Waals surface area contributed by atoms with Gasteiger partial charge in [-0.3, -0.25) is 0 Å². The number of rotatable bonds is 3. The van der Waals surface area contributed by atoms with Gasteiger partial charge in [-0.2, -0.15) is 0 Å². The molecule has 0 saturated carbocycles. The van der Waals surface area contributed by atoms with Crippen LogP contribution < -0.4 is 5.32 Å². The average Bonchev–Trinajstić information content (AvgIpc) is 2.66. The highest BCUT2D eigenvalue weighted by Crippen LogP contribution is 2.15. The standard InChI is InChI=1S/C12H15F2NO/c1-8-12(4-5-16-8)15-7-9-6-10(13)2-3-11(9)14/h2-3,6,8,12,15H,4-5,7H2,1H3. The smallest absolute Gasteiger partial charge is 0.127 e. The van der Waals surface area contributed by atoms with Crippen LogP contribution in [0.2, 0.25) is 0 Å². The van der Waals surface area contributed by atoms with E-state index in [1.54, 1.807) is 0 Å². The summed E-state index contributed by atoms with van der Waals surface area (Å²) in [7, 11) is 0. The first kappa shape index (κ1) is 11.5. The SMILES string of the molecule is CC1OCCC1NCc1cc(F)ccc1F. The molecule has 2 rings (SSSR count). The normalized spacial score (nSPS) is 24.9. The molecular weight excluding hydrogens is 212 g/mol. The lowest BCUT2D eigenvalue weighted by Crippen LogP contribution is -2.34. The summed E-state index contributed by atoms with van der Waals surface area (Å²) in [4.78, 5) is 0. The highest BCUT2D eigenvalue weighted by Gasteiger charge is 2.23. The van der Waals surface area contributed by atoms with Crippen molar-refractivity contribution in [1.82, 2.24) is 5.32 Å². The number of nitrogens with one attached hydrogen (secondary N) is 1. The van der Waals surface area contributed by atoms with Crippen LogP contribution in [0.25, 0.3) is 0 Å². The van der Waals surface area contributed by atoms with Crippen molar-refractivity contribution in [2.24, 2.45) is 0 Å². The number of hydrogen-bond acceptors (Lipinski definition) is 2. The van der Waals surface area contributed by atoms with Crippen molar-refractivity contribution in [1.29, 1.82) is 0 Å². The van der Waals surface area contributed by atoms with Crippen molar-refractivity contribution in [2.75, 3.05) is 6.61 Å². The third-order valence-electron chi connectivity index (χ3n) is 2.94. The minimum atomic E-state index is -0.408. The van der Waals surface area contributed by atoms with E-state index < -0.39 is 5.82 Å². The van der Waals surface area contributed by atoms with Gasteiger partial charge in [-0.15, -0.1) is 0 Å². The maximum absolute atomic E-state index is 13.3. The van der Waals surface area contributed by atoms with Crippen LogP contribution in [0.15, 0.2) is 18.2 Å². The molecule has 88 valence electrons. The molecule has 1 aliphatic rings. The van der Waals surface area contributed by atoms with E-state index in [0.717, 1.165) is 25.2 Å². The maximum Gasteiger partial charge on any atom is 0.127 e. The van der Waals surface area contributed by atoms with Gasteiger partial charge in [0.1, 0.15) is 11.6 Å². The van der Waals surface area contributed by atoms with E-state index in [4.69, 9.17) is 4.74 Å². The number of benzene rings is 1. The van der Waals surface area contributed by atoms with Gasteiger partial charge in [0.25, 0.3) is 0 Å². The minimum absolute atomic E-state index is 0.136. The van der Waals surface area contributed by atoms with Crippen molar-refractivity contribution in [3.8, 4) is 0 Å². The van der Waals surface area contributed by atoms with E-state index in [2.05, 4.69) is 5.32 Å². The predicted molar refractivity (Wildman–Crippen MR) is 57.0 cm³/mol. The van der Waals surface area contributed by atoms with Crippen LogP contribution in [-0.2, 0) is 11.3 Å². The van der Waals surface area contributed by atoms with Gasteiger partial charge < -0.3 is 10.1 Å². The molecule has 0 aliphatic carbocycles. The summed E-state index contributed by atoms with van der Waals surface area (Å²) in [6.45, 7) is 3.04. The van der Waals surface area contributed by atoms with Gasteiger partial charge in [0.15, 0.2) is 0 Å². The zero-order valence-electron chi connectivity index (χ0n) is 9.17. The Hall–Kier alpha value is -1.00. The molecule has 1 saturated heterocycles. The van der Waals surface area contributed by atoms with Crippen LogP contribution in [0.5, 0.6) is 0 Å². The zero-order valence-corrected chi connectivity index (χ0v) is 9.17. The molecule has 1 N–H and O–H groups in total. The molecule has 2 nitrogen and oxygen atoms in total. The molecule has 1 heterocycles. The van der Waals surface area contributed by atoms with Crippen molar-refractivity contribution in [3.63, 3.8) is 0 Å². The van der Waals surface area contributed by atoms with Gasteiger partial charge in [-0.25, -0.2) is 8.78 Å². The van der Waals surface area contributed by atoms with Crippen molar-refractivity contribution in [2.45, 2.75) is 32.0 Å². The van der Waals surface area contributed by atoms with E-state index in [9.17, 15) is 8.78 Å². The van der Waals surface area contributed by atoms with Crippen LogP contribution >= 0.6 is 0 Å². The van der Waals surface area contributed by atoms with E-state index in [1.807, 2.05) is 6.92 Å². The molecule has 2 atom stereocenters. The quantitative estimate of drug-likeness (QED) is 0.855. The van der Waals surface area contributed by atoms with Gasteiger partial charge in [-0.1, -0.05) is 0 Å². The van der Waals surface area contributed by atoms with Crippen molar-refractivity contribution >= 4 is 0 Å². The second-order valence-corrected chi connectivity index (χ2v) is 4.09. The largest absolute Gasteiger partial charge is 0.377 e. The molecule has 2 unspecified atom stereocenters. The van der Waals surface area contributed by atoms with Gasteiger partial charge in [0.05, 0.1) is 6.10 Å². The molecule has 0 bridgehead atoms. The van der Waals surface area contributed by atoms with Crippen molar-refractivity contribution in [3.05, 3.63) is 35.4 Å². The zero-order chi connectivity index (χ0) is 11.5. The van der Waals surface area contributed by atoms with E-state index in [0.29, 0.717) is 12.1 Å². The molecule has 4 heteroatoms. The topological polar surface area (TPSA) is 21.3 Å². The molecule has 0 spiro atoms. The predicted octanol–water partition coefficient (Wildman–Crippen LogP) is 2.23. The summed E-state index contributed by atoms with van der Waals surface area (Å²) in [6.07, 6.45) is 1.05. The summed E-state index contributed by atoms with van der Waals surface area (Å²) in [5.74, 6) is -0.783. The fraction of sp³-hybridized carbons (Fsp3) is 0.500. The molecule has 1 aromatic rings. The van der Waals surface area contributed by atoms with Crippen LogP contribution in [0, 0.1) is 11.6 Å². The summed E-state index contributed by atoms with van der Waals surface area (Å²) >= 11 is 0. The first-order valence-electron chi connectivity index (χ1n) is 5.46. The summed E-state index contributed by atoms with van der Waals surface area (Å²) < 4.78 is 31.6. The van der Waals surface area contributed by atoms with E-state index in [1.165, 1.54) is 6.07 Å². The van der Waals surface area contributed by atoms with E-state index >= 15 is 0 Å². The van der Waals surface area contributed by atoms with Crippen LogP contribution in [0.1, 0.15) is 18.9 Å². The Bertz CT molecular complexity index is 370. The van der Waals surface area contributed by atoms with Gasteiger partial charge in [0, 0.05) is 24.8 Å². The Morgan fingerprint density at radius 2 is 2.25 bits per heavy atom. The molecule has 16 heavy (non-hydrogen) atoms. The second-order valence-electron chi connectivity index (χ2n) is 4.09. The third-order valence-corrected chi connectivity index (χ3v) is 2.94. The van der Waals surface area contributed by atoms with E-state index in [-0.39, 0.29) is 18.0 Å². The fourth-order valence-corrected chi connectivity index (χ4v) is 1.92. The lowest BCUT2D eigenvalue weighted by Gasteiger charge is -2.16. The monoisotopic (exact) mass is 227 g/mol. The Kier molecular flexibility index (Phi) is 3.51. The van der Waals surface area contributed by atoms with Gasteiger partial charge in [0.2, 0.25) is 0 Å². The van der Waals surface area contributed by atoms with Crippen molar-refractivity contribution < 1.29 is 13.5 Å². The van der Waals surface area contributed by atoms with Crippen LogP contribution in [0.4, 0.5) is 8.78 Å². The first-order valence-corrected chi connectivity index (χ1v) is 5.46. The lowest BCUT2D eigenvalue weighted by molar-refractivity contribution is 0.113. The Labute approximate surface area is 93.6 Å². The third kappa shape index (κ3) is 2.57. The second kappa shape index (κ2) is 4.89. The van der Waals surface area contributed by atoms with Crippen LogP contribution in [0.3, 0.4) is 0 Å². The highest BCUT2D eigenvalue weighted by molar-refractivity contribution is 5.18. The molecule has 1 aliphatic heterocycles. The maximum atomic E-state index is 13.3. The number of hydrogen-bond donors (Lipinski definition) is 1. The van der Waals surface area contributed by atoms with Gasteiger partial charge >= 0.3 is 0 Å². The molecule has 1 fully saturated rings. The summed E-state index contributed by atoms with van der Waals surface area (Å²) in [5.41, 5.74) is 0.360.